The molecule has 14 heavy (non-hydrogen) atoms. The molecule has 0 aliphatic rings. The van der Waals surface area contributed by atoms with E-state index >= 15 is 0 Å². The molecular formula is C7H9ClN4OS. The maximum absolute atomic E-state index is 11.1. The molecule has 5 nitrogen and oxygen atoms in total. The van der Waals surface area contributed by atoms with Gasteiger partial charge in [-0.25, -0.2) is 4.79 Å². The number of nitrogens with two attached hydrogens (primary N) is 1. The summed E-state index contributed by atoms with van der Waals surface area (Å²) in [6.07, 6.45) is 0. The van der Waals surface area contributed by atoms with Crippen molar-refractivity contribution >= 4 is 40.6 Å². The lowest BCUT2D eigenvalue weighted by atomic mass is 10.3. The van der Waals surface area contributed by atoms with Crippen LogP contribution < -0.4 is 16.4 Å². The van der Waals surface area contributed by atoms with Crippen LogP contribution >= 0.6 is 22.9 Å². The van der Waals surface area contributed by atoms with Crippen molar-refractivity contribution in [3.63, 3.8) is 0 Å². The molecule has 1 aromatic rings. The van der Waals surface area contributed by atoms with Crippen molar-refractivity contribution in [1.29, 1.82) is 5.41 Å². The first-order valence-corrected chi connectivity index (χ1v) is 4.92. The second-order valence-electron chi connectivity index (χ2n) is 2.56. The van der Waals surface area contributed by atoms with Crippen molar-refractivity contribution in [3.8, 4) is 0 Å². The van der Waals surface area contributed by atoms with Crippen LogP contribution in [0.5, 0.6) is 0 Å². The Balaban J connectivity index is 2.69. The van der Waals surface area contributed by atoms with Gasteiger partial charge in [-0.15, -0.1) is 11.3 Å². The van der Waals surface area contributed by atoms with Gasteiger partial charge in [0.05, 0.1) is 5.69 Å². The number of thiophene rings is 1. The standard InChI is InChI=1S/C7H9ClN4OS/c1-3-2-14-5(8)4(3)11-7(13)12-6(9)10/h2H,1H3,(H5,9,10,11,12,13). The molecule has 0 saturated heterocycles. The van der Waals surface area contributed by atoms with Crippen LogP contribution in [0.15, 0.2) is 5.38 Å². The van der Waals surface area contributed by atoms with Gasteiger partial charge in [-0.2, -0.15) is 0 Å². The Morgan fingerprint density at radius 1 is 1.71 bits per heavy atom. The van der Waals surface area contributed by atoms with Gasteiger partial charge in [0.2, 0.25) is 0 Å². The summed E-state index contributed by atoms with van der Waals surface area (Å²) in [6.45, 7) is 1.83. The topological polar surface area (TPSA) is 91.0 Å². The molecule has 76 valence electrons. The zero-order chi connectivity index (χ0) is 10.7. The van der Waals surface area contributed by atoms with E-state index in [0.717, 1.165) is 5.56 Å². The molecule has 0 aliphatic heterocycles. The minimum Gasteiger partial charge on any atom is -0.370 e. The average Bonchev–Trinajstić information content (AvgIpc) is 2.34. The Kier molecular flexibility index (Phi) is 3.32. The third-order valence-corrected chi connectivity index (χ3v) is 2.76. The van der Waals surface area contributed by atoms with Gasteiger partial charge in [0.1, 0.15) is 4.34 Å². The molecule has 0 radical (unpaired) electrons. The van der Waals surface area contributed by atoms with Gasteiger partial charge >= 0.3 is 6.03 Å². The third kappa shape index (κ3) is 2.61. The summed E-state index contributed by atoms with van der Waals surface area (Å²) < 4.78 is 0.501. The summed E-state index contributed by atoms with van der Waals surface area (Å²) in [5.74, 6) is -0.411. The summed E-state index contributed by atoms with van der Waals surface area (Å²) in [4.78, 5) is 11.1. The van der Waals surface area contributed by atoms with E-state index in [1.165, 1.54) is 11.3 Å². The number of carbonyl (C=O) groups is 1. The predicted molar refractivity (Wildman–Crippen MR) is 58.1 cm³/mol. The van der Waals surface area contributed by atoms with Crippen LogP contribution in [0.4, 0.5) is 10.5 Å². The number of nitrogens with one attached hydrogen (secondary N) is 3. The Hall–Kier alpha value is -1.27. The number of aryl methyl sites for hydroxylation is 1. The van der Waals surface area contributed by atoms with E-state index in [1.54, 1.807) is 0 Å². The molecule has 7 heteroatoms. The van der Waals surface area contributed by atoms with Crippen LogP contribution in [-0.2, 0) is 0 Å². The number of carbonyl (C=O) groups excluding carboxylic acids is 1. The smallest absolute Gasteiger partial charge is 0.326 e. The zero-order valence-corrected chi connectivity index (χ0v) is 8.92. The molecule has 0 aliphatic carbocycles. The van der Waals surface area contributed by atoms with Crippen molar-refractivity contribution < 1.29 is 4.79 Å². The van der Waals surface area contributed by atoms with E-state index in [1.807, 2.05) is 12.3 Å². The minimum atomic E-state index is -0.569. The van der Waals surface area contributed by atoms with Crippen molar-refractivity contribution in [1.82, 2.24) is 5.32 Å². The Labute approximate surface area is 89.8 Å². The number of anilines is 1. The lowest BCUT2D eigenvalue weighted by Crippen LogP contribution is -2.38. The van der Waals surface area contributed by atoms with E-state index in [9.17, 15) is 4.79 Å². The molecule has 0 fully saturated rings. The van der Waals surface area contributed by atoms with Crippen LogP contribution in [-0.4, -0.2) is 12.0 Å². The lowest BCUT2D eigenvalue weighted by molar-refractivity contribution is 0.256. The first-order valence-electron chi connectivity index (χ1n) is 3.66. The molecule has 0 unspecified atom stereocenters. The van der Waals surface area contributed by atoms with E-state index in [-0.39, 0.29) is 0 Å². The molecule has 0 bridgehead atoms. The molecule has 0 atom stereocenters. The highest BCUT2D eigenvalue weighted by atomic mass is 35.5. The second-order valence-corrected chi connectivity index (χ2v) is 4.04. The van der Waals surface area contributed by atoms with Crippen LogP contribution in [0.3, 0.4) is 0 Å². The van der Waals surface area contributed by atoms with Gasteiger partial charge in [-0.05, 0) is 17.9 Å². The summed E-state index contributed by atoms with van der Waals surface area (Å²) in [5.41, 5.74) is 6.40. The fraction of sp³-hybridized carbons (Fsp3) is 0.143. The number of halogens is 1. The number of hydrogen-bond donors (Lipinski definition) is 4. The molecule has 2 amide bonds. The highest BCUT2D eigenvalue weighted by Gasteiger charge is 2.10. The molecule has 1 rings (SSSR count). The molecular weight excluding hydrogens is 224 g/mol. The summed E-state index contributed by atoms with van der Waals surface area (Å²) >= 11 is 7.15. The number of amides is 2. The SMILES string of the molecule is Cc1csc(Cl)c1NC(=O)NC(=N)N. The van der Waals surface area contributed by atoms with Crippen LogP contribution in [0.25, 0.3) is 0 Å². The summed E-state index contributed by atoms with van der Waals surface area (Å²) in [7, 11) is 0. The second kappa shape index (κ2) is 4.30. The first-order chi connectivity index (χ1) is 6.50. The van der Waals surface area contributed by atoms with Gasteiger partial charge in [0.25, 0.3) is 0 Å². The highest BCUT2D eigenvalue weighted by Crippen LogP contribution is 2.31. The Bertz CT molecular complexity index is 356. The molecule has 0 saturated carbocycles. The number of guanidine groups is 1. The van der Waals surface area contributed by atoms with Crippen molar-refractivity contribution in [3.05, 3.63) is 15.3 Å². The van der Waals surface area contributed by atoms with Gasteiger partial charge < -0.3 is 11.1 Å². The predicted octanol–water partition coefficient (Wildman–Crippen LogP) is 1.72. The number of rotatable bonds is 1. The lowest BCUT2D eigenvalue weighted by Gasteiger charge is -2.05. The van der Waals surface area contributed by atoms with Gasteiger partial charge in [0, 0.05) is 0 Å². The normalized spacial score (nSPS) is 9.57. The summed E-state index contributed by atoms with van der Waals surface area (Å²) in [6, 6.07) is -0.569. The Morgan fingerprint density at radius 3 is 2.79 bits per heavy atom. The van der Waals surface area contributed by atoms with Crippen LogP contribution in [0.2, 0.25) is 4.34 Å². The molecule has 5 N–H and O–H groups in total. The average molecular weight is 233 g/mol. The zero-order valence-electron chi connectivity index (χ0n) is 7.35. The fourth-order valence-corrected chi connectivity index (χ4v) is 1.89. The monoisotopic (exact) mass is 232 g/mol. The van der Waals surface area contributed by atoms with Crippen molar-refractivity contribution in [2.45, 2.75) is 6.92 Å². The quantitative estimate of drug-likeness (QED) is 0.439. The first kappa shape index (κ1) is 10.8. The molecule has 1 aromatic heterocycles. The van der Waals surface area contributed by atoms with Gasteiger partial charge in [-0.3, -0.25) is 10.7 Å². The minimum absolute atomic E-state index is 0.411. The Morgan fingerprint density at radius 2 is 2.36 bits per heavy atom. The van der Waals surface area contributed by atoms with Crippen molar-refractivity contribution in [2.75, 3.05) is 5.32 Å². The fourth-order valence-electron chi connectivity index (χ4n) is 0.828. The maximum Gasteiger partial charge on any atom is 0.326 e. The summed E-state index contributed by atoms with van der Waals surface area (Å²) in [5, 5.41) is 13.3. The third-order valence-electron chi connectivity index (χ3n) is 1.42. The van der Waals surface area contributed by atoms with Crippen LogP contribution in [0.1, 0.15) is 5.56 Å². The van der Waals surface area contributed by atoms with E-state index in [0.29, 0.717) is 10.0 Å². The highest BCUT2D eigenvalue weighted by molar-refractivity contribution is 7.15. The maximum atomic E-state index is 11.1. The van der Waals surface area contributed by atoms with E-state index in [4.69, 9.17) is 22.7 Å². The van der Waals surface area contributed by atoms with Crippen LogP contribution in [0, 0.1) is 12.3 Å². The number of urea groups is 1. The molecule has 0 aromatic carbocycles. The molecule has 1 heterocycles. The van der Waals surface area contributed by atoms with Gasteiger partial charge in [-0.1, -0.05) is 11.6 Å². The van der Waals surface area contributed by atoms with Gasteiger partial charge in [0.15, 0.2) is 5.96 Å². The van der Waals surface area contributed by atoms with E-state index < -0.39 is 12.0 Å². The molecule has 0 spiro atoms. The number of hydrogen-bond acceptors (Lipinski definition) is 3. The van der Waals surface area contributed by atoms with Crippen molar-refractivity contribution in [2.24, 2.45) is 5.73 Å². The largest absolute Gasteiger partial charge is 0.370 e. The van der Waals surface area contributed by atoms with E-state index in [2.05, 4.69) is 10.6 Å².